The van der Waals surface area contributed by atoms with E-state index in [4.69, 9.17) is 0 Å². The Morgan fingerprint density at radius 2 is 1.93 bits per heavy atom. The van der Waals surface area contributed by atoms with Crippen LogP contribution in [0.3, 0.4) is 0 Å². The fourth-order valence-corrected chi connectivity index (χ4v) is 2.73. The summed E-state index contributed by atoms with van der Waals surface area (Å²) in [4.78, 5) is 22.5. The molecule has 6 nitrogen and oxygen atoms in total. The van der Waals surface area contributed by atoms with Gasteiger partial charge in [0.2, 0.25) is 5.91 Å². The number of amides is 1. The van der Waals surface area contributed by atoms with E-state index in [1.807, 2.05) is 0 Å². The molecule has 1 aliphatic rings. The van der Waals surface area contributed by atoms with Crippen molar-refractivity contribution in [2.75, 3.05) is 36.9 Å². The third kappa shape index (κ3) is 4.53. The highest BCUT2D eigenvalue weighted by Crippen LogP contribution is 2.30. The van der Waals surface area contributed by atoms with Crippen molar-refractivity contribution in [3.05, 3.63) is 47.9 Å². The molecule has 1 N–H and O–H groups in total. The molecule has 0 aliphatic carbocycles. The molecule has 2 aromatic rings. The summed E-state index contributed by atoms with van der Waals surface area (Å²) in [6.07, 6.45) is -3.68. The fraction of sp³-hybridized carbons (Fsp3) is 0.353. The summed E-state index contributed by atoms with van der Waals surface area (Å²) in [6, 6.07) is 3.85. The van der Waals surface area contributed by atoms with E-state index < -0.39 is 29.4 Å². The van der Waals surface area contributed by atoms with Crippen LogP contribution >= 0.6 is 0 Å². The number of nitrogens with zero attached hydrogens (tertiary/aromatic N) is 4. The number of hydrogen-bond acceptors (Lipinski definition) is 5. The average Bonchev–Trinajstić information content (AvgIpc) is 2.56. The Balaban J connectivity index is 1.51. The topological polar surface area (TPSA) is 61.4 Å². The molecular weight excluding hydrogens is 385 g/mol. The van der Waals surface area contributed by atoms with Crippen molar-refractivity contribution < 1.29 is 26.7 Å². The van der Waals surface area contributed by atoms with Crippen molar-refractivity contribution in [1.29, 1.82) is 0 Å². The van der Waals surface area contributed by atoms with Crippen LogP contribution < -0.4 is 10.2 Å². The number of rotatable bonds is 5. The highest BCUT2D eigenvalue weighted by Gasteiger charge is 2.36. The monoisotopic (exact) mass is 401 g/mol. The number of halogens is 5. The lowest BCUT2D eigenvalue weighted by Crippen LogP contribution is -2.59. The first kappa shape index (κ1) is 19.9. The molecule has 0 radical (unpaired) electrons. The van der Waals surface area contributed by atoms with E-state index in [0.717, 1.165) is 24.5 Å². The van der Waals surface area contributed by atoms with Crippen LogP contribution in [0, 0.1) is 11.6 Å². The third-order valence-corrected chi connectivity index (χ3v) is 4.35. The van der Waals surface area contributed by atoms with Crippen molar-refractivity contribution in [1.82, 2.24) is 14.9 Å². The largest absolute Gasteiger partial charge is 0.433 e. The minimum Gasteiger partial charge on any atom is -0.353 e. The zero-order valence-electron chi connectivity index (χ0n) is 14.7. The Bertz CT molecular complexity index is 869. The second kappa shape index (κ2) is 7.66. The number of anilines is 2. The van der Waals surface area contributed by atoms with Crippen molar-refractivity contribution in [2.24, 2.45) is 0 Å². The maximum absolute atomic E-state index is 13.2. The van der Waals surface area contributed by atoms with Crippen LogP contribution in [0.5, 0.6) is 0 Å². The number of aromatic nitrogens is 2. The summed E-state index contributed by atoms with van der Waals surface area (Å²) in [7, 11) is 1.69. The predicted octanol–water partition coefficient (Wildman–Crippen LogP) is 2.53. The SMILES string of the molecule is CN(CC(=O)Nc1ccc(F)c(F)c1)C1CN(c2cc(C(F)(F)F)ncn2)C1. The molecule has 2 heterocycles. The Kier molecular flexibility index (Phi) is 5.45. The molecule has 150 valence electrons. The average molecular weight is 401 g/mol. The van der Waals surface area contributed by atoms with E-state index in [2.05, 4.69) is 15.3 Å². The van der Waals surface area contributed by atoms with Crippen LogP contribution in [0.4, 0.5) is 33.5 Å². The molecule has 0 unspecified atom stereocenters. The molecule has 1 aromatic heterocycles. The van der Waals surface area contributed by atoms with Gasteiger partial charge in [-0.15, -0.1) is 0 Å². The van der Waals surface area contributed by atoms with Crippen molar-refractivity contribution in [3.8, 4) is 0 Å². The van der Waals surface area contributed by atoms with Gasteiger partial charge in [0.25, 0.3) is 0 Å². The predicted molar refractivity (Wildman–Crippen MR) is 90.7 cm³/mol. The molecule has 3 rings (SSSR count). The van der Waals surface area contributed by atoms with Crippen LogP contribution in [0.1, 0.15) is 5.69 Å². The number of hydrogen-bond donors (Lipinski definition) is 1. The van der Waals surface area contributed by atoms with Crippen molar-refractivity contribution in [2.45, 2.75) is 12.2 Å². The van der Waals surface area contributed by atoms with E-state index in [-0.39, 0.29) is 24.1 Å². The molecular formula is C17H16F5N5O. The number of carbonyl (C=O) groups is 1. The normalized spacial score (nSPS) is 14.9. The molecule has 11 heteroatoms. The standard InChI is InChI=1S/C17H16F5N5O/c1-26(8-16(28)25-10-2-3-12(18)13(19)4-10)11-6-27(7-11)15-5-14(17(20,21)22)23-9-24-15/h2-5,9,11H,6-8H2,1H3,(H,25,28). The highest BCUT2D eigenvalue weighted by molar-refractivity contribution is 5.92. The molecule has 1 fully saturated rings. The minimum absolute atomic E-state index is 0.0188. The van der Waals surface area contributed by atoms with E-state index >= 15 is 0 Å². The van der Waals surface area contributed by atoms with Gasteiger partial charge >= 0.3 is 6.18 Å². The first-order valence-corrected chi connectivity index (χ1v) is 8.23. The van der Waals surface area contributed by atoms with E-state index in [1.54, 1.807) is 16.8 Å². The second-order valence-electron chi connectivity index (χ2n) is 6.41. The molecule has 28 heavy (non-hydrogen) atoms. The Morgan fingerprint density at radius 1 is 1.21 bits per heavy atom. The van der Waals surface area contributed by atoms with Gasteiger partial charge in [-0.2, -0.15) is 13.2 Å². The lowest BCUT2D eigenvalue weighted by molar-refractivity contribution is -0.141. The van der Waals surface area contributed by atoms with Crippen LogP contribution in [0.2, 0.25) is 0 Å². The van der Waals surface area contributed by atoms with Gasteiger partial charge in [0.15, 0.2) is 11.6 Å². The molecule has 0 spiro atoms. The zero-order chi connectivity index (χ0) is 20.5. The third-order valence-electron chi connectivity index (χ3n) is 4.35. The molecule has 0 bridgehead atoms. The number of benzene rings is 1. The Hall–Kier alpha value is -2.82. The summed E-state index contributed by atoms with van der Waals surface area (Å²) in [5, 5.41) is 2.46. The number of carbonyl (C=O) groups excluding carboxylic acids is 1. The van der Waals surface area contributed by atoms with E-state index in [9.17, 15) is 26.7 Å². The first-order valence-electron chi connectivity index (χ1n) is 8.23. The van der Waals surface area contributed by atoms with Gasteiger partial charge in [0, 0.05) is 37.0 Å². The maximum atomic E-state index is 13.2. The van der Waals surface area contributed by atoms with Crippen molar-refractivity contribution >= 4 is 17.4 Å². The van der Waals surface area contributed by atoms with Crippen LogP contribution in [0.15, 0.2) is 30.6 Å². The van der Waals surface area contributed by atoms with Gasteiger partial charge < -0.3 is 10.2 Å². The molecule has 1 amide bonds. The summed E-state index contributed by atoms with van der Waals surface area (Å²) in [6.45, 7) is 0.765. The smallest absolute Gasteiger partial charge is 0.353 e. The van der Waals surface area contributed by atoms with Crippen LogP contribution in [-0.2, 0) is 11.0 Å². The fourth-order valence-electron chi connectivity index (χ4n) is 2.73. The van der Waals surface area contributed by atoms with Crippen molar-refractivity contribution in [3.63, 3.8) is 0 Å². The second-order valence-corrected chi connectivity index (χ2v) is 6.41. The van der Waals surface area contributed by atoms with Gasteiger partial charge in [-0.3, -0.25) is 9.69 Å². The van der Waals surface area contributed by atoms with Crippen LogP contribution in [-0.4, -0.2) is 53.5 Å². The van der Waals surface area contributed by atoms with Gasteiger partial charge in [-0.1, -0.05) is 0 Å². The summed E-state index contributed by atoms with van der Waals surface area (Å²) < 4.78 is 64.2. The zero-order valence-corrected chi connectivity index (χ0v) is 14.7. The first-order chi connectivity index (χ1) is 13.1. The molecule has 0 saturated carbocycles. The van der Waals surface area contributed by atoms with E-state index in [0.29, 0.717) is 13.1 Å². The van der Waals surface area contributed by atoms with Crippen LogP contribution in [0.25, 0.3) is 0 Å². The molecule has 1 aromatic carbocycles. The Morgan fingerprint density at radius 3 is 2.57 bits per heavy atom. The van der Waals surface area contributed by atoms with Gasteiger partial charge in [-0.05, 0) is 19.2 Å². The Labute approximate surface area is 157 Å². The summed E-state index contributed by atoms with van der Waals surface area (Å²) >= 11 is 0. The van der Waals surface area contributed by atoms with Gasteiger partial charge in [-0.25, -0.2) is 18.7 Å². The lowest BCUT2D eigenvalue weighted by atomic mass is 10.1. The number of nitrogens with one attached hydrogen (secondary N) is 1. The minimum atomic E-state index is -4.54. The van der Waals surface area contributed by atoms with Gasteiger partial charge in [0.05, 0.1) is 6.54 Å². The lowest BCUT2D eigenvalue weighted by Gasteiger charge is -2.44. The van der Waals surface area contributed by atoms with E-state index in [1.165, 1.54) is 6.07 Å². The molecule has 1 aliphatic heterocycles. The maximum Gasteiger partial charge on any atom is 0.433 e. The van der Waals surface area contributed by atoms with Gasteiger partial charge in [0.1, 0.15) is 17.8 Å². The quantitative estimate of drug-likeness (QED) is 0.781. The number of alkyl halides is 3. The molecule has 0 atom stereocenters. The summed E-state index contributed by atoms with van der Waals surface area (Å²) in [5.74, 6) is -2.33. The number of likely N-dealkylation sites (N-methyl/N-ethyl adjacent to an activating group) is 1. The highest BCUT2D eigenvalue weighted by atomic mass is 19.4. The summed E-state index contributed by atoms with van der Waals surface area (Å²) in [5.41, 5.74) is -0.881. The molecule has 1 saturated heterocycles.